The maximum absolute atomic E-state index is 12.9. The summed E-state index contributed by atoms with van der Waals surface area (Å²) in [5, 5.41) is 6.73. The van der Waals surface area contributed by atoms with Gasteiger partial charge in [0.2, 0.25) is 17.6 Å². The molecular formula is C16H20FN3O2. The predicted molar refractivity (Wildman–Crippen MR) is 80.5 cm³/mol. The number of hydrogen-bond acceptors (Lipinski definition) is 4. The molecule has 0 aliphatic heterocycles. The number of benzene rings is 1. The third kappa shape index (κ3) is 4.13. The van der Waals surface area contributed by atoms with Crippen LogP contribution in [-0.2, 0) is 11.2 Å². The average molecular weight is 305 g/mol. The van der Waals surface area contributed by atoms with Crippen molar-refractivity contribution in [2.24, 2.45) is 5.92 Å². The van der Waals surface area contributed by atoms with Crippen molar-refractivity contribution in [3.05, 3.63) is 36.0 Å². The molecule has 0 aliphatic carbocycles. The maximum Gasteiger partial charge on any atom is 0.228 e. The van der Waals surface area contributed by atoms with Gasteiger partial charge in [-0.15, -0.1) is 0 Å². The van der Waals surface area contributed by atoms with Gasteiger partial charge < -0.3 is 9.84 Å². The van der Waals surface area contributed by atoms with Crippen molar-refractivity contribution in [2.45, 2.75) is 33.1 Å². The Kier molecular flexibility index (Phi) is 5.63. The minimum atomic E-state index is -0.309. The molecule has 5 nitrogen and oxygen atoms in total. The normalized spacial score (nSPS) is 10.9. The van der Waals surface area contributed by atoms with E-state index in [-0.39, 0.29) is 17.6 Å². The van der Waals surface area contributed by atoms with Gasteiger partial charge >= 0.3 is 0 Å². The zero-order chi connectivity index (χ0) is 15.9. The van der Waals surface area contributed by atoms with E-state index < -0.39 is 0 Å². The number of hydrogen-bond donors (Lipinski definition) is 1. The Bertz CT molecular complexity index is 606. The topological polar surface area (TPSA) is 68.0 Å². The molecule has 2 aromatic rings. The highest BCUT2D eigenvalue weighted by molar-refractivity contribution is 5.78. The lowest BCUT2D eigenvalue weighted by molar-refractivity contribution is -0.125. The van der Waals surface area contributed by atoms with Crippen LogP contribution in [0.5, 0.6) is 0 Å². The van der Waals surface area contributed by atoms with E-state index in [0.29, 0.717) is 30.2 Å². The van der Waals surface area contributed by atoms with Gasteiger partial charge in [-0.25, -0.2) is 4.39 Å². The summed E-state index contributed by atoms with van der Waals surface area (Å²) in [6.45, 7) is 4.46. The van der Waals surface area contributed by atoms with E-state index in [4.69, 9.17) is 4.52 Å². The van der Waals surface area contributed by atoms with Crippen LogP contribution in [0.15, 0.2) is 28.8 Å². The monoisotopic (exact) mass is 305 g/mol. The Morgan fingerprint density at radius 2 is 1.95 bits per heavy atom. The van der Waals surface area contributed by atoms with Crippen molar-refractivity contribution in [1.29, 1.82) is 0 Å². The first kappa shape index (κ1) is 16.1. The molecule has 1 heterocycles. The Hall–Kier alpha value is -2.24. The molecule has 1 aromatic heterocycles. The molecule has 22 heavy (non-hydrogen) atoms. The molecule has 0 aliphatic rings. The highest BCUT2D eigenvalue weighted by Gasteiger charge is 2.14. The van der Waals surface area contributed by atoms with Crippen molar-refractivity contribution < 1.29 is 13.7 Å². The van der Waals surface area contributed by atoms with Gasteiger partial charge in [0.05, 0.1) is 0 Å². The second kappa shape index (κ2) is 7.68. The van der Waals surface area contributed by atoms with Crippen LogP contribution in [-0.4, -0.2) is 22.6 Å². The molecular weight excluding hydrogens is 285 g/mol. The molecule has 0 radical (unpaired) electrons. The Labute approximate surface area is 128 Å². The van der Waals surface area contributed by atoms with Crippen LogP contribution in [0.3, 0.4) is 0 Å². The van der Waals surface area contributed by atoms with Crippen molar-refractivity contribution in [3.63, 3.8) is 0 Å². The zero-order valence-corrected chi connectivity index (χ0v) is 12.8. The van der Waals surface area contributed by atoms with Crippen molar-refractivity contribution in [1.82, 2.24) is 15.5 Å². The summed E-state index contributed by atoms with van der Waals surface area (Å²) in [5.41, 5.74) is 0.692. The third-order valence-electron chi connectivity index (χ3n) is 3.56. The molecule has 0 unspecified atom stereocenters. The first-order chi connectivity index (χ1) is 10.6. The van der Waals surface area contributed by atoms with Crippen molar-refractivity contribution >= 4 is 5.91 Å². The summed E-state index contributed by atoms with van der Waals surface area (Å²) in [6, 6.07) is 5.89. The fourth-order valence-electron chi connectivity index (χ4n) is 2.17. The first-order valence-corrected chi connectivity index (χ1v) is 7.50. The zero-order valence-electron chi connectivity index (χ0n) is 12.8. The van der Waals surface area contributed by atoms with Gasteiger partial charge in [0.15, 0.2) is 0 Å². The van der Waals surface area contributed by atoms with Gasteiger partial charge in [-0.05, 0) is 37.1 Å². The number of nitrogens with zero attached hydrogens (tertiary/aromatic N) is 2. The lowest BCUT2D eigenvalue weighted by Crippen LogP contribution is -2.31. The Balaban J connectivity index is 1.87. The fraction of sp³-hybridized carbons (Fsp3) is 0.438. The van der Waals surface area contributed by atoms with E-state index in [1.807, 2.05) is 13.8 Å². The van der Waals surface area contributed by atoms with E-state index in [1.54, 1.807) is 12.1 Å². The lowest BCUT2D eigenvalue weighted by atomic mass is 10.0. The molecule has 0 fully saturated rings. The molecule has 0 atom stereocenters. The predicted octanol–water partition coefficient (Wildman–Crippen LogP) is 2.97. The summed E-state index contributed by atoms with van der Waals surface area (Å²) >= 11 is 0. The summed E-state index contributed by atoms with van der Waals surface area (Å²) in [4.78, 5) is 16.1. The molecule has 1 aromatic carbocycles. The number of amides is 1. The van der Waals surface area contributed by atoms with E-state index >= 15 is 0 Å². The van der Waals surface area contributed by atoms with Gasteiger partial charge in [-0.1, -0.05) is 19.0 Å². The molecule has 1 amide bonds. The van der Waals surface area contributed by atoms with E-state index in [1.165, 1.54) is 12.1 Å². The lowest BCUT2D eigenvalue weighted by Gasteiger charge is -2.11. The molecule has 0 saturated heterocycles. The number of carbonyl (C=O) groups is 1. The highest BCUT2D eigenvalue weighted by atomic mass is 19.1. The number of carbonyl (C=O) groups excluding carboxylic acids is 1. The van der Waals surface area contributed by atoms with Crippen LogP contribution in [0.1, 0.15) is 32.6 Å². The van der Waals surface area contributed by atoms with Gasteiger partial charge in [0.25, 0.3) is 0 Å². The van der Waals surface area contributed by atoms with Crippen LogP contribution in [0, 0.1) is 11.7 Å². The number of nitrogens with one attached hydrogen (secondary N) is 1. The summed E-state index contributed by atoms with van der Waals surface area (Å²) in [5.74, 6) is 0.669. The highest BCUT2D eigenvalue weighted by Crippen LogP contribution is 2.16. The molecule has 0 bridgehead atoms. The third-order valence-corrected chi connectivity index (χ3v) is 3.56. The number of halogens is 1. The summed E-state index contributed by atoms with van der Waals surface area (Å²) in [7, 11) is 0. The SMILES string of the molecule is CCC(CC)C(=O)NCCc1nc(-c2ccc(F)cc2)no1. The van der Waals surface area contributed by atoms with E-state index in [9.17, 15) is 9.18 Å². The van der Waals surface area contributed by atoms with Gasteiger partial charge in [0.1, 0.15) is 5.82 Å². The van der Waals surface area contributed by atoms with E-state index in [0.717, 1.165) is 12.8 Å². The van der Waals surface area contributed by atoms with Crippen LogP contribution >= 0.6 is 0 Å². The first-order valence-electron chi connectivity index (χ1n) is 7.50. The minimum absolute atomic E-state index is 0.0532. The standard InChI is InChI=1S/C16H20FN3O2/c1-3-11(4-2)16(21)18-10-9-14-19-15(20-22-14)12-5-7-13(17)8-6-12/h5-8,11H,3-4,9-10H2,1-2H3,(H,18,21). The molecule has 0 saturated carbocycles. The van der Waals surface area contributed by atoms with Gasteiger partial charge in [0, 0.05) is 24.4 Å². The maximum atomic E-state index is 12.9. The largest absolute Gasteiger partial charge is 0.355 e. The summed E-state index contributed by atoms with van der Waals surface area (Å²) < 4.78 is 18.0. The van der Waals surface area contributed by atoms with Gasteiger partial charge in [-0.3, -0.25) is 4.79 Å². The molecule has 6 heteroatoms. The quantitative estimate of drug-likeness (QED) is 0.854. The summed E-state index contributed by atoms with van der Waals surface area (Å²) in [6.07, 6.45) is 2.13. The van der Waals surface area contributed by atoms with Gasteiger partial charge in [-0.2, -0.15) is 4.98 Å². The number of aromatic nitrogens is 2. The molecule has 0 spiro atoms. The number of rotatable bonds is 7. The molecule has 2 rings (SSSR count). The smallest absolute Gasteiger partial charge is 0.228 e. The van der Waals surface area contributed by atoms with E-state index in [2.05, 4.69) is 15.5 Å². The van der Waals surface area contributed by atoms with Crippen molar-refractivity contribution in [2.75, 3.05) is 6.54 Å². The minimum Gasteiger partial charge on any atom is -0.355 e. The van der Waals surface area contributed by atoms with Crippen LogP contribution in [0.25, 0.3) is 11.4 Å². The second-order valence-electron chi connectivity index (χ2n) is 5.07. The van der Waals surface area contributed by atoms with Crippen LogP contribution in [0.2, 0.25) is 0 Å². The molecule has 118 valence electrons. The van der Waals surface area contributed by atoms with Crippen LogP contribution in [0.4, 0.5) is 4.39 Å². The van der Waals surface area contributed by atoms with Crippen molar-refractivity contribution in [3.8, 4) is 11.4 Å². The average Bonchev–Trinajstić information content (AvgIpc) is 2.98. The Morgan fingerprint density at radius 3 is 2.59 bits per heavy atom. The fourth-order valence-corrected chi connectivity index (χ4v) is 2.17. The van der Waals surface area contributed by atoms with Crippen LogP contribution < -0.4 is 5.32 Å². The second-order valence-corrected chi connectivity index (χ2v) is 5.07. The molecule has 1 N–H and O–H groups in total. The Morgan fingerprint density at radius 1 is 1.27 bits per heavy atom.